The second kappa shape index (κ2) is 11.7. The van der Waals surface area contributed by atoms with Crippen LogP contribution in [-0.4, -0.2) is 78.0 Å². The summed E-state index contributed by atoms with van der Waals surface area (Å²) in [6, 6.07) is -2.51. The molecule has 1 rings (SSSR count). The molecular formula is C20H33N3O9. The smallest absolute Gasteiger partial charge is 0.408 e. The summed E-state index contributed by atoms with van der Waals surface area (Å²) in [5.74, 6) is -3.50. The Morgan fingerprint density at radius 3 is 2.16 bits per heavy atom. The van der Waals surface area contributed by atoms with E-state index in [-0.39, 0.29) is 18.9 Å². The second-order valence-corrected chi connectivity index (χ2v) is 8.70. The molecule has 0 spiro atoms. The Kier molecular flexibility index (Phi) is 9.88. The Labute approximate surface area is 186 Å². The molecule has 0 bridgehead atoms. The van der Waals surface area contributed by atoms with Gasteiger partial charge in [-0.05, 0) is 40.0 Å². The van der Waals surface area contributed by atoms with Gasteiger partial charge in [-0.3, -0.25) is 9.59 Å². The number of amides is 3. The maximum Gasteiger partial charge on any atom is 0.408 e. The van der Waals surface area contributed by atoms with Crippen molar-refractivity contribution in [2.24, 2.45) is 5.92 Å². The van der Waals surface area contributed by atoms with Gasteiger partial charge in [-0.25, -0.2) is 14.4 Å². The van der Waals surface area contributed by atoms with Crippen LogP contribution in [0, 0.1) is 5.92 Å². The molecule has 3 amide bonds. The molecule has 1 heterocycles. The standard InChI is InChI=1S/C20H33N3O9/c1-7-30-18(28)14-13(31-14)16(25)21-9-12(17(26)27)22-15(24)11(8-10(2)3)23-19(29)32-20(4,5)6/h10-14H,7-9H2,1-6H3,(H,21,25)(H,22,24)(H,23,29)(H,26,27)/t11-,12-,13?,14?/m0/s1. The van der Waals surface area contributed by atoms with E-state index < -0.39 is 66.3 Å². The van der Waals surface area contributed by atoms with Crippen LogP contribution in [0.4, 0.5) is 4.79 Å². The van der Waals surface area contributed by atoms with Crippen molar-refractivity contribution >= 4 is 29.8 Å². The van der Waals surface area contributed by atoms with Crippen molar-refractivity contribution in [2.45, 2.75) is 77.9 Å². The highest BCUT2D eigenvalue weighted by Crippen LogP contribution is 2.23. The van der Waals surface area contributed by atoms with E-state index in [4.69, 9.17) is 14.2 Å². The highest BCUT2D eigenvalue weighted by atomic mass is 16.6. The van der Waals surface area contributed by atoms with Gasteiger partial charge in [0.1, 0.15) is 17.7 Å². The number of rotatable bonds is 11. The van der Waals surface area contributed by atoms with Crippen LogP contribution in [0.5, 0.6) is 0 Å². The van der Waals surface area contributed by atoms with Crippen molar-refractivity contribution in [2.75, 3.05) is 13.2 Å². The van der Waals surface area contributed by atoms with Gasteiger partial charge in [0.05, 0.1) is 6.61 Å². The van der Waals surface area contributed by atoms with Crippen LogP contribution in [0.3, 0.4) is 0 Å². The van der Waals surface area contributed by atoms with Crippen molar-refractivity contribution in [3.63, 3.8) is 0 Å². The fraction of sp³-hybridized carbons (Fsp3) is 0.750. The zero-order chi connectivity index (χ0) is 24.6. The van der Waals surface area contributed by atoms with Crippen LogP contribution < -0.4 is 16.0 Å². The van der Waals surface area contributed by atoms with E-state index in [0.717, 1.165) is 0 Å². The largest absolute Gasteiger partial charge is 0.480 e. The molecule has 2 unspecified atom stereocenters. The van der Waals surface area contributed by atoms with Crippen LogP contribution >= 0.6 is 0 Å². The van der Waals surface area contributed by atoms with Crippen molar-refractivity contribution in [3.05, 3.63) is 0 Å². The number of epoxide rings is 1. The monoisotopic (exact) mass is 459 g/mol. The van der Waals surface area contributed by atoms with Crippen LogP contribution in [-0.2, 0) is 33.4 Å². The molecule has 32 heavy (non-hydrogen) atoms. The Balaban J connectivity index is 2.68. The average molecular weight is 459 g/mol. The number of carbonyl (C=O) groups excluding carboxylic acids is 4. The maximum atomic E-state index is 12.7. The minimum Gasteiger partial charge on any atom is -0.480 e. The Bertz CT molecular complexity index is 718. The lowest BCUT2D eigenvalue weighted by Gasteiger charge is -2.25. The normalized spacial score (nSPS) is 19.3. The fourth-order valence-electron chi connectivity index (χ4n) is 2.64. The minimum absolute atomic E-state index is 0.00972. The van der Waals surface area contributed by atoms with Crippen LogP contribution in [0.2, 0.25) is 0 Å². The molecule has 1 fully saturated rings. The molecule has 0 aromatic carbocycles. The Morgan fingerprint density at radius 1 is 1.03 bits per heavy atom. The van der Waals surface area contributed by atoms with Gasteiger partial charge in [-0.2, -0.15) is 0 Å². The number of alkyl carbamates (subject to hydrolysis) is 1. The van der Waals surface area contributed by atoms with Gasteiger partial charge >= 0.3 is 18.0 Å². The summed E-state index contributed by atoms with van der Waals surface area (Å²) in [5.41, 5.74) is -0.775. The first-order chi connectivity index (χ1) is 14.7. The van der Waals surface area contributed by atoms with Gasteiger partial charge < -0.3 is 35.3 Å². The third-order valence-corrected chi connectivity index (χ3v) is 4.08. The molecule has 0 saturated carbocycles. The van der Waals surface area contributed by atoms with Gasteiger partial charge in [0.15, 0.2) is 12.2 Å². The second-order valence-electron chi connectivity index (χ2n) is 8.70. The van der Waals surface area contributed by atoms with E-state index >= 15 is 0 Å². The number of esters is 1. The topological polar surface area (TPSA) is 173 Å². The first kappa shape index (κ1) is 27.1. The summed E-state index contributed by atoms with van der Waals surface area (Å²) in [5, 5.41) is 16.5. The van der Waals surface area contributed by atoms with Crippen molar-refractivity contribution < 1.29 is 43.3 Å². The zero-order valence-electron chi connectivity index (χ0n) is 19.2. The summed E-state index contributed by atoms with van der Waals surface area (Å²) in [7, 11) is 0. The van der Waals surface area contributed by atoms with Crippen molar-refractivity contribution in [3.8, 4) is 0 Å². The summed E-state index contributed by atoms with van der Waals surface area (Å²) in [6.07, 6.45) is -2.67. The van der Waals surface area contributed by atoms with Gasteiger partial charge in [0.25, 0.3) is 5.91 Å². The summed E-state index contributed by atoms with van der Waals surface area (Å²) >= 11 is 0. The highest BCUT2D eigenvalue weighted by Gasteiger charge is 2.51. The number of hydrogen-bond acceptors (Lipinski definition) is 8. The molecular weight excluding hydrogens is 426 g/mol. The third-order valence-electron chi connectivity index (χ3n) is 4.08. The first-order valence-electron chi connectivity index (χ1n) is 10.4. The van der Waals surface area contributed by atoms with Crippen LogP contribution in [0.15, 0.2) is 0 Å². The van der Waals surface area contributed by atoms with E-state index in [9.17, 15) is 29.1 Å². The number of carboxylic acids is 1. The minimum atomic E-state index is -1.47. The number of nitrogens with one attached hydrogen (secondary N) is 3. The van der Waals surface area contributed by atoms with Crippen molar-refractivity contribution in [1.82, 2.24) is 16.0 Å². The van der Waals surface area contributed by atoms with E-state index in [2.05, 4.69) is 16.0 Å². The Hall–Kier alpha value is -2.89. The lowest BCUT2D eigenvalue weighted by Crippen LogP contribution is -2.55. The van der Waals surface area contributed by atoms with Gasteiger partial charge in [-0.1, -0.05) is 13.8 Å². The predicted octanol–water partition coefficient (Wildman–Crippen LogP) is -0.0581. The summed E-state index contributed by atoms with van der Waals surface area (Å²) < 4.78 is 14.8. The van der Waals surface area contributed by atoms with E-state index in [1.165, 1.54) is 0 Å². The fourth-order valence-corrected chi connectivity index (χ4v) is 2.64. The van der Waals surface area contributed by atoms with Crippen LogP contribution in [0.25, 0.3) is 0 Å². The maximum absolute atomic E-state index is 12.7. The van der Waals surface area contributed by atoms with Gasteiger partial charge in [-0.15, -0.1) is 0 Å². The molecule has 1 aliphatic heterocycles. The predicted molar refractivity (Wildman–Crippen MR) is 110 cm³/mol. The summed E-state index contributed by atoms with van der Waals surface area (Å²) in [6.45, 7) is 9.98. The lowest BCUT2D eigenvalue weighted by atomic mass is 10.0. The quantitative estimate of drug-likeness (QED) is 0.244. The molecule has 182 valence electrons. The molecule has 12 nitrogen and oxygen atoms in total. The van der Waals surface area contributed by atoms with Crippen LogP contribution in [0.1, 0.15) is 48.0 Å². The average Bonchev–Trinajstić information content (AvgIpc) is 3.43. The molecule has 1 aliphatic rings. The van der Waals surface area contributed by atoms with E-state index in [0.29, 0.717) is 0 Å². The molecule has 0 aromatic heterocycles. The number of hydrogen-bond donors (Lipinski definition) is 4. The zero-order valence-corrected chi connectivity index (χ0v) is 19.2. The number of carbonyl (C=O) groups is 5. The lowest BCUT2D eigenvalue weighted by molar-refractivity contribution is -0.145. The molecule has 4 N–H and O–H groups in total. The molecule has 0 aromatic rings. The molecule has 4 atom stereocenters. The highest BCUT2D eigenvalue weighted by molar-refractivity contribution is 5.93. The third kappa shape index (κ3) is 9.50. The first-order valence-corrected chi connectivity index (χ1v) is 10.4. The molecule has 1 saturated heterocycles. The molecule has 0 aliphatic carbocycles. The SMILES string of the molecule is CCOC(=O)C1OC1C(=O)NC[C@H](NC(=O)[C@H](CC(C)C)NC(=O)OC(C)(C)C)C(=O)O. The van der Waals surface area contributed by atoms with E-state index in [1.807, 2.05) is 13.8 Å². The van der Waals surface area contributed by atoms with Gasteiger partial charge in [0, 0.05) is 6.54 Å². The molecule has 0 radical (unpaired) electrons. The Morgan fingerprint density at radius 2 is 1.66 bits per heavy atom. The van der Waals surface area contributed by atoms with Crippen molar-refractivity contribution in [1.29, 1.82) is 0 Å². The van der Waals surface area contributed by atoms with E-state index in [1.54, 1.807) is 27.7 Å². The van der Waals surface area contributed by atoms with Gasteiger partial charge in [0.2, 0.25) is 5.91 Å². The number of aliphatic carboxylic acids is 1. The number of carboxylic acid groups (broad SMARTS) is 1. The summed E-state index contributed by atoms with van der Waals surface area (Å²) in [4.78, 5) is 59.9. The molecule has 12 heteroatoms. The number of ether oxygens (including phenoxy) is 3.